The molecule has 4 saturated heterocycles. The third-order valence-corrected chi connectivity index (χ3v) is 12.5. The molecule has 6 aliphatic heterocycles. The molecule has 0 bridgehead atoms. The first kappa shape index (κ1) is 31.0. The molecule has 0 spiro atoms. The molecule has 1 unspecified atom stereocenters. The number of amides is 4. The highest BCUT2D eigenvalue weighted by Gasteiger charge is 2.78. The minimum Gasteiger partial charge on any atom is -0.364 e. The van der Waals surface area contributed by atoms with Crippen molar-refractivity contribution in [1.82, 2.24) is 20.4 Å². The summed E-state index contributed by atoms with van der Waals surface area (Å²) in [6, 6.07) is 24.3. The van der Waals surface area contributed by atoms with Crippen molar-refractivity contribution in [2.24, 2.45) is 0 Å². The van der Waals surface area contributed by atoms with Gasteiger partial charge in [-0.2, -0.15) is 0 Å². The lowest BCUT2D eigenvalue weighted by Crippen LogP contribution is -2.67. The maximum atomic E-state index is 14.8. The number of nitrogens with one attached hydrogen (secondary N) is 4. The third-order valence-electron chi connectivity index (χ3n) is 12.5. The molecule has 10 nitrogen and oxygen atoms in total. The summed E-state index contributed by atoms with van der Waals surface area (Å²) in [7, 11) is 0. The molecular weight excluding hydrogens is 666 g/mol. The van der Waals surface area contributed by atoms with Crippen LogP contribution in [0.3, 0.4) is 0 Å². The van der Waals surface area contributed by atoms with Gasteiger partial charge in [0.05, 0.1) is 10.8 Å². The van der Waals surface area contributed by atoms with Gasteiger partial charge in [0.2, 0.25) is 23.6 Å². The van der Waals surface area contributed by atoms with Gasteiger partial charge in [-0.1, -0.05) is 72.8 Å². The van der Waals surface area contributed by atoms with Gasteiger partial charge in [-0.05, 0) is 59.4 Å². The van der Waals surface area contributed by atoms with E-state index in [-0.39, 0.29) is 49.3 Å². The number of para-hydroxylation sites is 2. The van der Waals surface area contributed by atoms with Crippen LogP contribution in [-0.2, 0) is 42.8 Å². The van der Waals surface area contributed by atoms with Crippen molar-refractivity contribution in [3.05, 3.63) is 131 Å². The highest BCUT2D eigenvalue weighted by molar-refractivity contribution is 6.01. The maximum absolute atomic E-state index is 14.8. The predicted octanol–water partition coefficient (Wildman–Crippen LogP) is 3.33. The van der Waals surface area contributed by atoms with Crippen molar-refractivity contribution < 1.29 is 28.0 Å². The van der Waals surface area contributed by atoms with Crippen LogP contribution in [0.2, 0.25) is 0 Å². The van der Waals surface area contributed by atoms with Crippen LogP contribution < -0.4 is 21.3 Å². The van der Waals surface area contributed by atoms with E-state index in [2.05, 4.69) is 21.3 Å². The number of halogens is 2. The second-order valence-electron chi connectivity index (χ2n) is 14.8. The molecule has 6 heterocycles. The Morgan fingerprint density at radius 3 is 1.35 bits per heavy atom. The summed E-state index contributed by atoms with van der Waals surface area (Å²) in [6.45, 7) is 0. The molecule has 0 saturated carbocycles. The van der Waals surface area contributed by atoms with Crippen LogP contribution in [0.5, 0.6) is 0 Å². The van der Waals surface area contributed by atoms with Crippen molar-refractivity contribution in [2.75, 3.05) is 10.6 Å². The Morgan fingerprint density at radius 1 is 0.538 bits per heavy atom. The molecule has 10 rings (SSSR count). The predicted molar refractivity (Wildman–Crippen MR) is 186 cm³/mol. The summed E-state index contributed by atoms with van der Waals surface area (Å²) in [4.78, 5) is 60.8. The summed E-state index contributed by atoms with van der Waals surface area (Å²) in [6.07, 6.45) is -1.07. The van der Waals surface area contributed by atoms with Crippen LogP contribution >= 0.6 is 0 Å². The monoisotopic (exact) mass is 700 g/mol. The number of benzene rings is 4. The van der Waals surface area contributed by atoms with Gasteiger partial charge in [0.25, 0.3) is 0 Å². The fourth-order valence-electron chi connectivity index (χ4n) is 10.5. The van der Waals surface area contributed by atoms with Gasteiger partial charge in [-0.3, -0.25) is 19.2 Å². The van der Waals surface area contributed by atoms with E-state index in [0.717, 1.165) is 22.5 Å². The quantitative estimate of drug-likeness (QED) is 0.254. The fourth-order valence-corrected chi connectivity index (χ4v) is 10.5. The lowest BCUT2D eigenvalue weighted by Gasteiger charge is -2.48. The van der Waals surface area contributed by atoms with E-state index in [1.54, 1.807) is 46.2 Å². The first-order valence-electron chi connectivity index (χ1n) is 17.7. The van der Waals surface area contributed by atoms with Gasteiger partial charge in [0.15, 0.2) is 0 Å². The number of piperazine rings is 2. The summed E-state index contributed by atoms with van der Waals surface area (Å²) >= 11 is 0. The van der Waals surface area contributed by atoms with Crippen LogP contribution in [0.4, 0.5) is 20.2 Å². The van der Waals surface area contributed by atoms with E-state index >= 15 is 0 Å². The molecule has 4 fully saturated rings. The van der Waals surface area contributed by atoms with Crippen molar-refractivity contribution in [1.29, 1.82) is 0 Å². The summed E-state index contributed by atoms with van der Waals surface area (Å²) in [5, 5.41) is 13.1. The number of hydrogen-bond donors (Lipinski definition) is 4. The Morgan fingerprint density at radius 2 is 0.923 bits per heavy atom. The van der Waals surface area contributed by atoms with E-state index in [4.69, 9.17) is 0 Å². The average Bonchev–Trinajstić information content (AvgIpc) is 3.86. The molecule has 0 aliphatic carbocycles. The first-order valence-corrected chi connectivity index (χ1v) is 17.7. The summed E-state index contributed by atoms with van der Waals surface area (Å²) in [5.41, 5.74) is 2.01. The number of fused-ring (bicyclic) bond motifs is 11. The Kier molecular flexibility index (Phi) is 6.48. The molecule has 8 atom stereocenters. The molecule has 12 heteroatoms. The SMILES string of the molecule is O=C1N[C@@H](Cc2ccccc2F)C(=O)N2C3Nc4ccccc4[C@]3([C@]34C[C@H]5C(=O)N[C@@H](Cc6ccccc6F)C(=O)N5[C@H]3Nc3ccccc34)C[C@@H]12. The molecule has 4 aromatic carbocycles. The molecule has 52 heavy (non-hydrogen) atoms. The van der Waals surface area contributed by atoms with Crippen molar-refractivity contribution >= 4 is 35.0 Å². The van der Waals surface area contributed by atoms with Gasteiger partial charge >= 0.3 is 0 Å². The van der Waals surface area contributed by atoms with Crippen LogP contribution in [0.1, 0.15) is 35.1 Å². The minimum absolute atomic E-state index is 0.0147. The average molecular weight is 701 g/mol. The second kappa shape index (κ2) is 10.9. The molecule has 6 aliphatic rings. The minimum atomic E-state index is -1.00. The van der Waals surface area contributed by atoms with E-state index in [1.165, 1.54) is 12.1 Å². The zero-order valence-electron chi connectivity index (χ0n) is 27.8. The molecular formula is C40H34F2N6O4. The van der Waals surface area contributed by atoms with Crippen molar-refractivity contribution in [3.8, 4) is 0 Å². The van der Waals surface area contributed by atoms with Crippen LogP contribution in [0.25, 0.3) is 0 Å². The standard InChI is InChI=1S/C40H34F2N6O4/c41-25-13-5-1-9-21(25)17-29-35(51)47-31(33(49)43-29)19-39(23-11-3-7-15-27(23)45-37(39)47)40-20-32-34(50)44-30(18-22-10-2-6-14-26(22)42)36(52)48(32)38(40)46-28-16-8-4-12-24(28)40/h1-16,29-32,37-38,45-46H,17-20H2,(H,43,49)(H,44,50)/t29-,30-,31-,32-,37+,38?,39-,40+/m0/s1. The van der Waals surface area contributed by atoms with Gasteiger partial charge in [0.1, 0.15) is 48.1 Å². The molecule has 0 aromatic heterocycles. The zero-order valence-corrected chi connectivity index (χ0v) is 27.8. The number of anilines is 2. The number of carbonyl (C=O) groups excluding carboxylic acids is 4. The highest BCUT2D eigenvalue weighted by Crippen LogP contribution is 2.68. The van der Waals surface area contributed by atoms with Gasteiger partial charge in [0, 0.05) is 24.2 Å². The lowest BCUT2D eigenvalue weighted by atomic mass is 9.54. The highest BCUT2D eigenvalue weighted by atomic mass is 19.1. The third kappa shape index (κ3) is 3.92. The second-order valence-corrected chi connectivity index (χ2v) is 14.8. The van der Waals surface area contributed by atoms with Crippen molar-refractivity contribution in [2.45, 2.75) is 73.0 Å². The fraction of sp³-hybridized carbons (Fsp3) is 0.300. The van der Waals surface area contributed by atoms with E-state index in [9.17, 15) is 28.0 Å². The van der Waals surface area contributed by atoms with Crippen molar-refractivity contribution in [3.63, 3.8) is 0 Å². The topological polar surface area (TPSA) is 123 Å². The molecule has 4 aromatic rings. The Hall–Kier alpha value is -5.78. The Labute approximate surface area is 297 Å². The Balaban J connectivity index is 1.12. The van der Waals surface area contributed by atoms with Crippen LogP contribution in [-0.4, -0.2) is 69.9 Å². The number of rotatable bonds is 5. The lowest BCUT2D eigenvalue weighted by molar-refractivity contribution is -0.149. The number of hydrogen-bond acceptors (Lipinski definition) is 6. The number of nitrogens with zero attached hydrogens (tertiary/aromatic N) is 2. The normalized spacial score (nSPS) is 32.1. The smallest absolute Gasteiger partial charge is 0.247 e. The first-order chi connectivity index (χ1) is 25.2. The van der Waals surface area contributed by atoms with Gasteiger partial charge < -0.3 is 31.1 Å². The molecule has 4 amide bonds. The van der Waals surface area contributed by atoms with Gasteiger partial charge in [-0.25, -0.2) is 8.78 Å². The zero-order chi connectivity index (χ0) is 35.5. The summed E-state index contributed by atoms with van der Waals surface area (Å²) < 4.78 is 29.6. The van der Waals surface area contributed by atoms with Crippen LogP contribution in [0.15, 0.2) is 97.1 Å². The molecule has 0 radical (unpaired) electrons. The van der Waals surface area contributed by atoms with Gasteiger partial charge in [-0.15, -0.1) is 0 Å². The number of carbonyl (C=O) groups is 4. The molecule has 4 N–H and O–H groups in total. The maximum Gasteiger partial charge on any atom is 0.247 e. The Bertz CT molecular complexity index is 2080. The van der Waals surface area contributed by atoms with E-state index in [1.807, 2.05) is 48.5 Å². The van der Waals surface area contributed by atoms with E-state index in [0.29, 0.717) is 11.1 Å². The van der Waals surface area contributed by atoms with Crippen LogP contribution in [0, 0.1) is 11.6 Å². The largest absolute Gasteiger partial charge is 0.364 e. The van der Waals surface area contributed by atoms with E-state index < -0.39 is 59.0 Å². The molecule has 262 valence electrons. The summed E-state index contributed by atoms with van der Waals surface area (Å²) in [5.74, 6) is -2.25.